The van der Waals surface area contributed by atoms with Crippen LogP contribution in [0.2, 0.25) is 0 Å². The number of nitrogens with zero attached hydrogens (tertiary/aromatic N) is 2. The monoisotopic (exact) mass is 508 g/mol. The van der Waals surface area contributed by atoms with Crippen molar-refractivity contribution in [3.63, 3.8) is 0 Å². The number of ketones is 1. The first-order valence-corrected chi connectivity index (χ1v) is 11.5. The molecular formula is C26H18F2N2O5S. The van der Waals surface area contributed by atoms with Crippen LogP contribution >= 0.6 is 11.3 Å². The molecule has 1 fully saturated rings. The summed E-state index contributed by atoms with van der Waals surface area (Å²) in [6, 6.07) is 12.6. The fraction of sp³-hybridized carbons (Fsp3) is 0.115. The Bertz CT molecular complexity index is 1550. The van der Waals surface area contributed by atoms with E-state index in [2.05, 4.69) is 4.98 Å². The Morgan fingerprint density at radius 3 is 2.39 bits per heavy atom. The topological polar surface area (TPSA) is 89.0 Å². The number of carbonyl (C=O) groups is 2. The normalized spacial score (nSPS) is 17.1. The van der Waals surface area contributed by atoms with Crippen LogP contribution in [-0.4, -0.2) is 36.0 Å². The van der Waals surface area contributed by atoms with Gasteiger partial charge in [0.2, 0.25) is 0 Å². The summed E-state index contributed by atoms with van der Waals surface area (Å²) in [5.41, 5.74) is 0.703. The number of methoxy groups -OCH3 is 2. The molecule has 1 atom stereocenters. The van der Waals surface area contributed by atoms with Crippen molar-refractivity contribution in [1.82, 2.24) is 4.98 Å². The van der Waals surface area contributed by atoms with E-state index in [1.165, 1.54) is 44.6 Å². The van der Waals surface area contributed by atoms with Crippen molar-refractivity contribution in [2.75, 3.05) is 19.1 Å². The smallest absolute Gasteiger partial charge is 0.301 e. The standard InChI is InChI=1S/C26H18F2N2O5S/c1-34-16-8-10-19(35-2)17(12-16)22-21(23(31)13-3-5-14(27)6-4-13)24(32)25(33)30(22)26-29-18-9-7-15(28)11-20(18)36-26/h3-12,22,31H,1-2H3/b23-21+. The molecule has 3 aromatic carbocycles. The number of thiazole rings is 1. The predicted octanol–water partition coefficient (Wildman–Crippen LogP) is 5.22. The Morgan fingerprint density at radius 2 is 1.69 bits per heavy atom. The zero-order valence-electron chi connectivity index (χ0n) is 19.0. The van der Waals surface area contributed by atoms with Gasteiger partial charge < -0.3 is 14.6 Å². The average Bonchev–Trinajstić information content (AvgIpc) is 3.41. The van der Waals surface area contributed by atoms with Crippen molar-refractivity contribution in [2.45, 2.75) is 6.04 Å². The second-order valence-corrected chi connectivity index (χ2v) is 8.90. The first kappa shape index (κ1) is 23.4. The fourth-order valence-electron chi connectivity index (χ4n) is 4.13. The van der Waals surface area contributed by atoms with Crippen LogP contribution in [0.15, 0.2) is 66.2 Å². The van der Waals surface area contributed by atoms with Crippen LogP contribution in [0.5, 0.6) is 11.5 Å². The van der Waals surface area contributed by atoms with E-state index in [0.717, 1.165) is 28.4 Å². The highest BCUT2D eigenvalue weighted by molar-refractivity contribution is 7.22. The maximum Gasteiger partial charge on any atom is 0.301 e. The van der Waals surface area contributed by atoms with Crippen LogP contribution in [0.4, 0.5) is 13.9 Å². The molecule has 0 bridgehead atoms. The van der Waals surface area contributed by atoms with Gasteiger partial charge >= 0.3 is 5.91 Å². The van der Waals surface area contributed by atoms with Gasteiger partial charge in [-0.05, 0) is 60.7 Å². The molecule has 1 aliphatic heterocycles. The minimum Gasteiger partial charge on any atom is -0.507 e. The Kier molecular flexibility index (Phi) is 5.89. The summed E-state index contributed by atoms with van der Waals surface area (Å²) in [4.78, 5) is 32.3. The number of fused-ring (bicyclic) bond motifs is 1. The van der Waals surface area contributed by atoms with Crippen LogP contribution in [-0.2, 0) is 9.59 Å². The highest BCUT2D eigenvalue weighted by atomic mass is 32.1. The second kappa shape index (κ2) is 9.04. The minimum atomic E-state index is -1.16. The van der Waals surface area contributed by atoms with Crippen LogP contribution in [0.3, 0.4) is 0 Å². The van der Waals surface area contributed by atoms with Crippen molar-refractivity contribution in [3.05, 3.63) is 89.0 Å². The number of hydrogen-bond acceptors (Lipinski definition) is 7. The Labute approximate surface area is 207 Å². The van der Waals surface area contributed by atoms with Gasteiger partial charge in [-0.15, -0.1) is 0 Å². The molecule has 0 aliphatic carbocycles. The van der Waals surface area contributed by atoms with Crippen LogP contribution in [0.1, 0.15) is 17.2 Å². The van der Waals surface area contributed by atoms with E-state index in [-0.39, 0.29) is 16.3 Å². The molecule has 36 heavy (non-hydrogen) atoms. The summed E-state index contributed by atoms with van der Waals surface area (Å²) in [5, 5.41) is 11.3. The third-order valence-corrected chi connectivity index (χ3v) is 6.86. The molecule has 182 valence electrons. The lowest BCUT2D eigenvalue weighted by atomic mass is 9.94. The van der Waals surface area contributed by atoms with Gasteiger partial charge in [0, 0.05) is 11.1 Å². The number of ether oxygens (including phenoxy) is 2. The number of rotatable bonds is 5. The number of aliphatic hydroxyl groups is 1. The van der Waals surface area contributed by atoms with Crippen molar-refractivity contribution in [1.29, 1.82) is 0 Å². The van der Waals surface area contributed by atoms with Gasteiger partial charge in [-0.2, -0.15) is 0 Å². The number of carbonyl (C=O) groups excluding carboxylic acids is 2. The SMILES string of the molecule is COc1ccc(OC)c(C2/C(=C(\O)c3ccc(F)cc3)C(=O)C(=O)N2c2nc3ccc(F)cc3s2)c1. The van der Waals surface area contributed by atoms with Gasteiger partial charge in [-0.25, -0.2) is 13.8 Å². The van der Waals surface area contributed by atoms with Gasteiger partial charge in [0.05, 0.1) is 30.0 Å². The fourth-order valence-corrected chi connectivity index (χ4v) is 5.15. The number of Topliss-reactive ketones (excluding diaryl/α,β-unsaturated/α-hetero) is 1. The van der Waals surface area contributed by atoms with Crippen LogP contribution in [0.25, 0.3) is 16.0 Å². The molecule has 1 aliphatic rings. The molecule has 10 heteroatoms. The predicted molar refractivity (Wildman–Crippen MR) is 130 cm³/mol. The lowest BCUT2D eigenvalue weighted by Crippen LogP contribution is -2.29. The number of benzene rings is 3. The molecule has 1 N–H and O–H groups in total. The van der Waals surface area contributed by atoms with E-state index in [0.29, 0.717) is 27.3 Å². The number of amides is 1. The summed E-state index contributed by atoms with van der Waals surface area (Å²) >= 11 is 1.02. The summed E-state index contributed by atoms with van der Waals surface area (Å²) in [6.45, 7) is 0. The molecule has 0 spiro atoms. The Morgan fingerprint density at radius 1 is 0.972 bits per heavy atom. The maximum atomic E-state index is 13.8. The molecular weight excluding hydrogens is 490 g/mol. The van der Waals surface area contributed by atoms with Crippen molar-refractivity contribution < 1.29 is 33.0 Å². The Balaban J connectivity index is 1.78. The summed E-state index contributed by atoms with van der Waals surface area (Å²) in [7, 11) is 2.89. The van der Waals surface area contributed by atoms with E-state index >= 15 is 0 Å². The van der Waals surface area contributed by atoms with Crippen molar-refractivity contribution in [2.24, 2.45) is 0 Å². The summed E-state index contributed by atoms with van der Waals surface area (Å²) in [5.74, 6) is -2.64. The first-order valence-electron chi connectivity index (χ1n) is 10.7. The third kappa shape index (κ3) is 3.85. The molecule has 4 aromatic rings. The Hall–Kier alpha value is -4.31. The van der Waals surface area contributed by atoms with E-state index in [9.17, 15) is 23.5 Å². The first-order chi connectivity index (χ1) is 17.3. The number of aromatic nitrogens is 1. The number of halogens is 2. The number of aliphatic hydroxyl groups excluding tert-OH is 1. The molecule has 1 saturated heterocycles. The van der Waals surface area contributed by atoms with Crippen LogP contribution < -0.4 is 14.4 Å². The molecule has 5 rings (SSSR count). The largest absolute Gasteiger partial charge is 0.507 e. The van der Waals surface area contributed by atoms with Crippen molar-refractivity contribution >= 4 is 44.1 Å². The van der Waals surface area contributed by atoms with Gasteiger partial charge in [0.25, 0.3) is 5.78 Å². The van der Waals surface area contributed by atoms with E-state index in [1.54, 1.807) is 18.2 Å². The molecule has 0 saturated carbocycles. The average molecular weight is 509 g/mol. The summed E-state index contributed by atoms with van der Waals surface area (Å²) in [6.07, 6.45) is 0. The van der Waals surface area contributed by atoms with Crippen LogP contribution in [0, 0.1) is 11.6 Å². The second-order valence-electron chi connectivity index (χ2n) is 7.89. The van der Waals surface area contributed by atoms with Gasteiger partial charge in [-0.1, -0.05) is 11.3 Å². The van der Waals surface area contributed by atoms with Gasteiger partial charge in [0.15, 0.2) is 5.13 Å². The number of hydrogen-bond donors (Lipinski definition) is 1. The highest BCUT2D eigenvalue weighted by Gasteiger charge is 2.49. The van der Waals surface area contributed by atoms with Gasteiger partial charge in [0.1, 0.15) is 34.9 Å². The zero-order chi connectivity index (χ0) is 25.6. The number of anilines is 1. The zero-order valence-corrected chi connectivity index (χ0v) is 19.8. The third-order valence-electron chi connectivity index (χ3n) is 5.84. The van der Waals surface area contributed by atoms with Gasteiger partial charge in [-0.3, -0.25) is 14.5 Å². The lowest BCUT2D eigenvalue weighted by Gasteiger charge is -2.25. The maximum absolute atomic E-state index is 13.8. The minimum absolute atomic E-state index is 0.130. The van der Waals surface area contributed by atoms with Crippen molar-refractivity contribution in [3.8, 4) is 11.5 Å². The highest BCUT2D eigenvalue weighted by Crippen LogP contribution is 2.47. The van der Waals surface area contributed by atoms with E-state index in [4.69, 9.17) is 9.47 Å². The molecule has 7 nitrogen and oxygen atoms in total. The molecule has 1 aromatic heterocycles. The molecule has 0 radical (unpaired) electrons. The summed E-state index contributed by atoms with van der Waals surface area (Å²) < 4.78 is 38.7. The molecule has 1 unspecified atom stereocenters. The van der Waals surface area contributed by atoms with E-state index < -0.39 is 35.1 Å². The quantitative estimate of drug-likeness (QED) is 0.226. The van der Waals surface area contributed by atoms with E-state index in [1.807, 2.05) is 0 Å². The molecule has 1 amide bonds. The lowest BCUT2D eigenvalue weighted by molar-refractivity contribution is -0.132. The molecule has 2 heterocycles.